The molecule has 0 aliphatic carbocycles. The van der Waals surface area contributed by atoms with E-state index >= 15 is 0 Å². The number of benzene rings is 1. The third kappa shape index (κ3) is 1.99. The molecule has 0 spiro atoms. The molecule has 0 saturated heterocycles. The van der Waals surface area contributed by atoms with Gasteiger partial charge in [0, 0.05) is 25.9 Å². The molecule has 0 aliphatic rings. The van der Waals surface area contributed by atoms with Crippen LogP contribution < -0.4 is 4.57 Å². The van der Waals surface area contributed by atoms with Crippen LogP contribution in [0.3, 0.4) is 0 Å². The van der Waals surface area contributed by atoms with E-state index in [1.165, 1.54) is 0 Å². The second-order valence-electron chi connectivity index (χ2n) is 3.94. The molecule has 82 valence electrons. The summed E-state index contributed by atoms with van der Waals surface area (Å²) < 4.78 is 47.0. The molecule has 0 unspecified atom stereocenters. The van der Waals surface area contributed by atoms with Gasteiger partial charge in [0.15, 0.2) is 6.20 Å². The lowest BCUT2D eigenvalue weighted by atomic mass is 10.0. The van der Waals surface area contributed by atoms with E-state index in [1.807, 2.05) is 6.92 Å². The summed E-state index contributed by atoms with van der Waals surface area (Å²) in [4.78, 5) is 0. The molecular weight excluding hydrogens is 194 g/mol. The zero-order chi connectivity index (χ0) is 16.7. The van der Waals surface area contributed by atoms with Crippen LogP contribution in [0, 0.1) is 20.6 Å². The molecule has 0 fully saturated rings. The molecule has 0 aliphatic heterocycles. The third-order valence-corrected chi connectivity index (χ3v) is 2.66. The lowest BCUT2D eigenvalue weighted by molar-refractivity contribution is -0.660. The SMILES string of the molecule is [2H]C([2H])([2H])c1ccc(C)c(-c2cc(C([2H])([2H])[2H])cc[n+]2C)c1. The molecule has 1 aromatic carbocycles. The van der Waals surface area contributed by atoms with E-state index in [4.69, 9.17) is 8.22 Å². The van der Waals surface area contributed by atoms with Crippen molar-refractivity contribution < 1.29 is 12.8 Å². The van der Waals surface area contributed by atoms with Crippen molar-refractivity contribution in [2.24, 2.45) is 7.05 Å². The Morgan fingerprint density at radius 2 is 1.81 bits per heavy atom. The maximum absolute atomic E-state index is 7.53. The predicted octanol–water partition coefficient (Wildman–Crippen LogP) is 3.10. The Morgan fingerprint density at radius 1 is 1.06 bits per heavy atom. The van der Waals surface area contributed by atoms with Gasteiger partial charge in [-0.05, 0) is 37.8 Å². The summed E-state index contributed by atoms with van der Waals surface area (Å²) in [7, 11) is 1.81. The lowest BCUT2D eigenvalue weighted by Gasteiger charge is -2.06. The van der Waals surface area contributed by atoms with E-state index in [-0.39, 0.29) is 11.1 Å². The van der Waals surface area contributed by atoms with E-state index in [2.05, 4.69) is 0 Å². The fraction of sp³-hybridized carbons (Fsp3) is 0.267. The zero-order valence-corrected chi connectivity index (χ0v) is 9.41. The highest BCUT2D eigenvalue weighted by Gasteiger charge is 2.12. The number of rotatable bonds is 1. The van der Waals surface area contributed by atoms with Crippen LogP contribution in [0.2, 0.25) is 0 Å². The first kappa shape index (κ1) is 5.62. The Hall–Kier alpha value is -1.63. The zero-order valence-electron chi connectivity index (χ0n) is 15.4. The molecule has 0 bridgehead atoms. The van der Waals surface area contributed by atoms with Gasteiger partial charge in [-0.2, -0.15) is 0 Å². The van der Waals surface area contributed by atoms with Crippen LogP contribution in [0.1, 0.15) is 24.9 Å². The summed E-state index contributed by atoms with van der Waals surface area (Å²) in [5.74, 6) is 0. The van der Waals surface area contributed by atoms with Gasteiger partial charge in [0.05, 0.1) is 0 Å². The van der Waals surface area contributed by atoms with Crippen molar-refractivity contribution in [3.63, 3.8) is 0 Å². The van der Waals surface area contributed by atoms with Crippen LogP contribution in [0.5, 0.6) is 0 Å². The van der Waals surface area contributed by atoms with Crippen molar-refractivity contribution in [1.29, 1.82) is 0 Å². The number of aryl methyl sites for hydroxylation is 4. The first-order valence-electron chi connectivity index (χ1n) is 8.12. The number of hydrogen-bond acceptors (Lipinski definition) is 0. The van der Waals surface area contributed by atoms with Gasteiger partial charge < -0.3 is 0 Å². The maximum atomic E-state index is 7.53. The number of pyridine rings is 1. The Kier molecular flexibility index (Phi) is 1.44. The minimum absolute atomic E-state index is 0.235. The highest BCUT2D eigenvalue weighted by molar-refractivity contribution is 5.62. The molecular formula is C15H18N+. The van der Waals surface area contributed by atoms with Gasteiger partial charge in [0.2, 0.25) is 5.69 Å². The van der Waals surface area contributed by atoms with E-state index in [0.717, 1.165) is 11.1 Å². The summed E-state index contributed by atoms with van der Waals surface area (Å²) in [6.07, 6.45) is 1.68. The molecule has 1 heteroatoms. The Balaban J connectivity index is 2.66. The van der Waals surface area contributed by atoms with Crippen LogP contribution in [0.15, 0.2) is 36.5 Å². The highest BCUT2D eigenvalue weighted by atomic mass is 14.9. The van der Waals surface area contributed by atoms with Gasteiger partial charge in [0.25, 0.3) is 0 Å². The number of hydrogen-bond donors (Lipinski definition) is 0. The fourth-order valence-electron chi connectivity index (χ4n) is 1.74. The van der Waals surface area contributed by atoms with Crippen molar-refractivity contribution in [1.82, 2.24) is 0 Å². The van der Waals surface area contributed by atoms with Crippen LogP contribution in [-0.2, 0) is 7.05 Å². The van der Waals surface area contributed by atoms with Crippen molar-refractivity contribution in [2.75, 3.05) is 0 Å². The van der Waals surface area contributed by atoms with E-state index in [9.17, 15) is 0 Å². The average Bonchev–Trinajstić information content (AvgIpc) is 2.37. The Labute approximate surface area is 106 Å². The predicted molar refractivity (Wildman–Crippen MR) is 67.3 cm³/mol. The monoisotopic (exact) mass is 218 g/mol. The summed E-state index contributed by atoms with van der Waals surface area (Å²) in [6, 6.07) is 8.09. The molecule has 16 heavy (non-hydrogen) atoms. The van der Waals surface area contributed by atoms with Gasteiger partial charge in [-0.3, -0.25) is 0 Å². The Morgan fingerprint density at radius 3 is 2.56 bits per heavy atom. The molecule has 1 heterocycles. The summed E-state index contributed by atoms with van der Waals surface area (Å²) in [6.45, 7) is -2.51. The largest absolute Gasteiger partial charge is 0.212 e. The minimum atomic E-state index is -2.20. The molecule has 2 aromatic rings. The maximum Gasteiger partial charge on any atom is 0.212 e. The molecule has 1 aromatic heterocycles. The third-order valence-electron chi connectivity index (χ3n) is 2.66. The van der Waals surface area contributed by atoms with Crippen LogP contribution in [0.25, 0.3) is 11.3 Å². The topological polar surface area (TPSA) is 3.88 Å². The van der Waals surface area contributed by atoms with Gasteiger partial charge in [-0.25, -0.2) is 4.57 Å². The summed E-state index contributed by atoms with van der Waals surface area (Å²) >= 11 is 0. The summed E-state index contributed by atoms with van der Waals surface area (Å²) in [5.41, 5.74) is 2.78. The summed E-state index contributed by atoms with van der Waals surface area (Å²) in [5, 5.41) is 0. The number of aromatic nitrogens is 1. The molecule has 2 rings (SSSR count). The van der Waals surface area contributed by atoms with Gasteiger partial charge in [-0.15, -0.1) is 0 Å². The second kappa shape index (κ2) is 4.09. The van der Waals surface area contributed by atoms with Crippen molar-refractivity contribution in [3.05, 3.63) is 53.2 Å². The second-order valence-corrected chi connectivity index (χ2v) is 3.94. The molecule has 0 saturated carbocycles. The fourth-order valence-corrected chi connectivity index (χ4v) is 1.74. The Bertz CT molecular complexity index is 639. The van der Waals surface area contributed by atoms with E-state index < -0.39 is 13.7 Å². The minimum Gasteiger partial charge on any atom is -0.201 e. The van der Waals surface area contributed by atoms with E-state index in [0.29, 0.717) is 5.69 Å². The molecule has 0 atom stereocenters. The first-order valence-corrected chi connectivity index (χ1v) is 5.12. The van der Waals surface area contributed by atoms with Crippen LogP contribution in [0.4, 0.5) is 0 Å². The van der Waals surface area contributed by atoms with Gasteiger partial charge >= 0.3 is 0 Å². The smallest absolute Gasteiger partial charge is 0.201 e. The van der Waals surface area contributed by atoms with Gasteiger partial charge in [0.1, 0.15) is 7.05 Å². The van der Waals surface area contributed by atoms with Crippen molar-refractivity contribution in [3.8, 4) is 11.3 Å². The molecule has 0 radical (unpaired) electrons. The lowest BCUT2D eigenvalue weighted by Crippen LogP contribution is -2.30. The van der Waals surface area contributed by atoms with E-state index in [1.54, 1.807) is 48.1 Å². The van der Waals surface area contributed by atoms with Crippen LogP contribution in [-0.4, -0.2) is 0 Å². The highest BCUT2D eigenvalue weighted by Crippen LogP contribution is 2.21. The first-order chi connectivity index (χ1) is 10.00. The molecule has 0 amide bonds. The van der Waals surface area contributed by atoms with Crippen molar-refractivity contribution >= 4 is 0 Å². The van der Waals surface area contributed by atoms with Gasteiger partial charge in [-0.1, -0.05) is 17.7 Å². The number of nitrogens with zero attached hydrogens (tertiary/aromatic N) is 1. The van der Waals surface area contributed by atoms with Crippen LogP contribution >= 0.6 is 0 Å². The quantitative estimate of drug-likeness (QED) is 0.648. The average molecular weight is 218 g/mol. The normalized spacial score (nSPS) is 17.6. The van der Waals surface area contributed by atoms with Crippen molar-refractivity contribution in [2.45, 2.75) is 20.6 Å². The molecule has 1 nitrogen and oxygen atoms in total. The standard InChI is InChI=1S/C15H18N/c1-11-5-6-13(3)14(9-11)15-10-12(2)7-8-16(15)4/h5-10H,1-4H3/q+1/i1D3,2D3. The molecule has 0 N–H and O–H groups in total.